The number of nitrogens with one attached hydrogen (secondary N) is 3. The number of amides is 2. The molecule has 0 saturated heterocycles. The maximum absolute atomic E-state index is 11.7. The Bertz CT molecular complexity index is 448. The van der Waals surface area contributed by atoms with Crippen molar-refractivity contribution < 1.29 is 14.7 Å². The Morgan fingerprint density at radius 3 is 2.84 bits per heavy atom. The molecule has 19 heavy (non-hydrogen) atoms. The van der Waals surface area contributed by atoms with Gasteiger partial charge in [-0.15, -0.1) is 10.2 Å². The highest BCUT2D eigenvalue weighted by molar-refractivity contribution is 5.75. The molecular formula is C10H16N6O3. The van der Waals surface area contributed by atoms with E-state index in [0.29, 0.717) is 25.1 Å². The monoisotopic (exact) mass is 268 g/mol. The third kappa shape index (κ3) is 3.39. The molecule has 0 aliphatic heterocycles. The molecule has 1 aliphatic carbocycles. The van der Waals surface area contributed by atoms with Crippen molar-refractivity contribution in [1.29, 1.82) is 0 Å². The quantitative estimate of drug-likeness (QED) is 0.598. The lowest BCUT2D eigenvalue weighted by Gasteiger charge is -2.15. The molecule has 1 fully saturated rings. The van der Waals surface area contributed by atoms with E-state index >= 15 is 0 Å². The first kappa shape index (κ1) is 13.2. The van der Waals surface area contributed by atoms with Crippen LogP contribution in [0.4, 0.5) is 4.79 Å². The summed E-state index contributed by atoms with van der Waals surface area (Å²) in [6.07, 6.45) is 1.75. The number of hydrogen-bond donors (Lipinski definition) is 4. The highest BCUT2D eigenvalue weighted by Crippen LogP contribution is 2.25. The fraction of sp³-hybridized carbons (Fsp3) is 0.700. The number of carbonyl (C=O) groups is 2. The third-order valence-corrected chi connectivity index (χ3v) is 3.21. The Morgan fingerprint density at radius 1 is 1.47 bits per heavy atom. The Hall–Kier alpha value is -2.19. The minimum atomic E-state index is -0.801. The van der Waals surface area contributed by atoms with Crippen LogP contribution in [0.15, 0.2) is 0 Å². The van der Waals surface area contributed by atoms with E-state index in [2.05, 4.69) is 31.3 Å². The van der Waals surface area contributed by atoms with Gasteiger partial charge in [0.25, 0.3) is 0 Å². The summed E-state index contributed by atoms with van der Waals surface area (Å²) in [7, 11) is 0. The summed E-state index contributed by atoms with van der Waals surface area (Å²) in [6.45, 7) is 1.74. The number of rotatable bonds is 4. The predicted molar refractivity (Wildman–Crippen MR) is 63.0 cm³/mol. The molecule has 9 nitrogen and oxygen atoms in total. The van der Waals surface area contributed by atoms with Crippen molar-refractivity contribution in [3.63, 3.8) is 0 Å². The number of hydrogen-bond acceptors (Lipinski definition) is 5. The number of nitrogens with zero attached hydrogens (tertiary/aromatic N) is 3. The highest BCUT2D eigenvalue weighted by atomic mass is 16.4. The van der Waals surface area contributed by atoms with E-state index in [1.165, 1.54) is 0 Å². The number of carboxylic acid groups (broad SMARTS) is 1. The average Bonchev–Trinajstić information content (AvgIpc) is 2.98. The minimum absolute atomic E-state index is 0.0985. The highest BCUT2D eigenvalue weighted by Gasteiger charge is 2.30. The van der Waals surface area contributed by atoms with Crippen LogP contribution in [0.1, 0.15) is 38.1 Å². The summed E-state index contributed by atoms with van der Waals surface area (Å²) in [4.78, 5) is 22.5. The summed E-state index contributed by atoms with van der Waals surface area (Å²) >= 11 is 0. The molecule has 0 spiro atoms. The third-order valence-electron chi connectivity index (χ3n) is 3.21. The van der Waals surface area contributed by atoms with Crippen molar-refractivity contribution in [3.05, 3.63) is 5.82 Å². The van der Waals surface area contributed by atoms with Gasteiger partial charge >= 0.3 is 12.0 Å². The fourth-order valence-corrected chi connectivity index (χ4v) is 2.18. The molecule has 0 radical (unpaired) electrons. The van der Waals surface area contributed by atoms with Crippen molar-refractivity contribution >= 4 is 12.0 Å². The largest absolute Gasteiger partial charge is 0.481 e. The standard InChI is InChI=1S/C10H16N6O3/c1-5(8-13-15-16-14-8)11-10(19)12-7-3-2-6(4-7)9(17)18/h5-7H,2-4H2,1H3,(H,17,18)(H2,11,12,19)(H,13,14,15,16). The maximum Gasteiger partial charge on any atom is 0.315 e. The molecule has 0 bridgehead atoms. The Balaban J connectivity index is 1.78. The molecular weight excluding hydrogens is 252 g/mol. The van der Waals surface area contributed by atoms with Gasteiger partial charge in [0.1, 0.15) is 0 Å². The molecule has 1 saturated carbocycles. The van der Waals surface area contributed by atoms with Crippen LogP contribution in [0.2, 0.25) is 0 Å². The van der Waals surface area contributed by atoms with Crippen LogP contribution in [0, 0.1) is 5.92 Å². The van der Waals surface area contributed by atoms with Gasteiger partial charge in [0.05, 0.1) is 12.0 Å². The predicted octanol–water partition coefficient (Wildman–Crippen LogP) is -0.187. The second kappa shape index (κ2) is 5.63. The summed E-state index contributed by atoms with van der Waals surface area (Å²) < 4.78 is 0. The number of aromatic amines is 1. The van der Waals surface area contributed by atoms with E-state index in [-0.39, 0.29) is 24.0 Å². The van der Waals surface area contributed by atoms with E-state index in [4.69, 9.17) is 5.11 Å². The van der Waals surface area contributed by atoms with Gasteiger partial charge in [-0.25, -0.2) is 4.79 Å². The SMILES string of the molecule is CC(NC(=O)NC1CCC(C(=O)O)C1)c1nn[nH]n1. The molecule has 3 atom stereocenters. The molecule has 104 valence electrons. The zero-order valence-corrected chi connectivity index (χ0v) is 10.5. The smallest absolute Gasteiger partial charge is 0.315 e. The van der Waals surface area contributed by atoms with Crippen molar-refractivity contribution in [2.75, 3.05) is 0 Å². The van der Waals surface area contributed by atoms with E-state index in [1.54, 1.807) is 6.92 Å². The fourth-order valence-electron chi connectivity index (χ4n) is 2.18. The summed E-state index contributed by atoms with van der Waals surface area (Å²) in [5.41, 5.74) is 0. The zero-order valence-electron chi connectivity index (χ0n) is 10.5. The summed E-state index contributed by atoms with van der Waals surface area (Å²) in [5.74, 6) is -0.769. The van der Waals surface area contributed by atoms with Gasteiger partial charge in [0.2, 0.25) is 0 Å². The van der Waals surface area contributed by atoms with Crippen molar-refractivity contribution in [3.8, 4) is 0 Å². The van der Waals surface area contributed by atoms with Crippen molar-refractivity contribution in [2.45, 2.75) is 38.3 Å². The Morgan fingerprint density at radius 2 is 2.26 bits per heavy atom. The lowest BCUT2D eigenvalue weighted by molar-refractivity contribution is -0.141. The van der Waals surface area contributed by atoms with Crippen LogP contribution in [0.25, 0.3) is 0 Å². The lowest BCUT2D eigenvalue weighted by Crippen LogP contribution is -2.42. The van der Waals surface area contributed by atoms with Gasteiger partial charge in [-0.2, -0.15) is 5.21 Å². The second-order valence-electron chi connectivity index (χ2n) is 4.65. The van der Waals surface area contributed by atoms with Crippen molar-refractivity contribution in [2.24, 2.45) is 5.92 Å². The van der Waals surface area contributed by atoms with Crippen LogP contribution in [-0.2, 0) is 4.79 Å². The molecule has 1 aromatic rings. The molecule has 3 unspecified atom stereocenters. The lowest BCUT2D eigenvalue weighted by atomic mass is 10.1. The molecule has 2 amide bonds. The molecule has 1 aromatic heterocycles. The topological polar surface area (TPSA) is 133 Å². The number of H-pyrrole nitrogens is 1. The van der Waals surface area contributed by atoms with E-state index < -0.39 is 5.97 Å². The van der Waals surface area contributed by atoms with Gasteiger partial charge in [-0.1, -0.05) is 5.21 Å². The number of aromatic nitrogens is 4. The first-order chi connectivity index (χ1) is 9.06. The molecule has 9 heteroatoms. The number of tetrazole rings is 1. The summed E-state index contributed by atoms with van der Waals surface area (Å²) in [6, 6.07) is -0.817. The van der Waals surface area contributed by atoms with Crippen LogP contribution in [-0.4, -0.2) is 43.8 Å². The zero-order chi connectivity index (χ0) is 13.8. The Kier molecular flexibility index (Phi) is 3.93. The number of urea groups is 1. The average molecular weight is 268 g/mol. The van der Waals surface area contributed by atoms with Crippen LogP contribution >= 0.6 is 0 Å². The van der Waals surface area contributed by atoms with Gasteiger partial charge < -0.3 is 15.7 Å². The number of carboxylic acids is 1. The van der Waals surface area contributed by atoms with Crippen LogP contribution < -0.4 is 10.6 Å². The van der Waals surface area contributed by atoms with E-state index in [1.807, 2.05) is 0 Å². The molecule has 1 aliphatic rings. The number of carbonyl (C=O) groups excluding carboxylic acids is 1. The summed E-state index contributed by atoms with van der Waals surface area (Å²) in [5, 5.41) is 27.6. The first-order valence-corrected chi connectivity index (χ1v) is 6.09. The Labute approximate surface area is 109 Å². The molecule has 1 heterocycles. The van der Waals surface area contributed by atoms with E-state index in [0.717, 1.165) is 0 Å². The van der Waals surface area contributed by atoms with Crippen molar-refractivity contribution in [1.82, 2.24) is 31.3 Å². The molecule has 2 rings (SSSR count). The normalized spacial score (nSPS) is 23.8. The van der Waals surface area contributed by atoms with E-state index in [9.17, 15) is 9.59 Å². The maximum atomic E-state index is 11.7. The van der Waals surface area contributed by atoms with Gasteiger partial charge in [-0.3, -0.25) is 4.79 Å². The first-order valence-electron chi connectivity index (χ1n) is 6.09. The van der Waals surface area contributed by atoms with Gasteiger partial charge in [0, 0.05) is 6.04 Å². The molecule has 4 N–H and O–H groups in total. The minimum Gasteiger partial charge on any atom is -0.481 e. The van der Waals surface area contributed by atoms with Crippen LogP contribution in [0.5, 0.6) is 0 Å². The van der Waals surface area contributed by atoms with Crippen LogP contribution in [0.3, 0.4) is 0 Å². The van der Waals surface area contributed by atoms with Gasteiger partial charge in [-0.05, 0) is 26.2 Å². The second-order valence-corrected chi connectivity index (χ2v) is 4.65. The number of aliphatic carboxylic acids is 1. The van der Waals surface area contributed by atoms with Gasteiger partial charge in [0.15, 0.2) is 5.82 Å². The molecule has 0 aromatic carbocycles.